The molecular weight excluding hydrogens is 218 g/mol. The fourth-order valence-electron chi connectivity index (χ4n) is 1.62. The van der Waals surface area contributed by atoms with Crippen LogP contribution in [-0.2, 0) is 0 Å². The Morgan fingerprint density at radius 2 is 1.94 bits per heavy atom. The van der Waals surface area contributed by atoms with Crippen molar-refractivity contribution in [3.05, 3.63) is 52.2 Å². The van der Waals surface area contributed by atoms with E-state index < -0.39 is 4.92 Å². The second-order valence-electron chi connectivity index (χ2n) is 3.65. The van der Waals surface area contributed by atoms with Crippen molar-refractivity contribution in [2.75, 3.05) is 5.73 Å². The molecule has 0 amide bonds. The van der Waals surface area contributed by atoms with Gasteiger partial charge in [0.1, 0.15) is 5.69 Å². The first kappa shape index (κ1) is 11.1. The molecule has 0 aliphatic heterocycles. The van der Waals surface area contributed by atoms with Crippen molar-refractivity contribution in [3.8, 4) is 11.3 Å². The number of anilines is 1. The van der Waals surface area contributed by atoms with Crippen LogP contribution >= 0.6 is 0 Å². The molecular formula is C12H11N3O2. The third kappa shape index (κ3) is 2.08. The highest BCUT2D eigenvalue weighted by Gasteiger charge is 2.16. The molecule has 17 heavy (non-hydrogen) atoms. The van der Waals surface area contributed by atoms with Gasteiger partial charge in [-0.05, 0) is 6.92 Å². The molecule has 0 atom stereocenters. The van der Waals surface area contributed by atoms with Crippen molar-refractivity contribution in [2.24, 2.45) is 0 Å². The summed E-state index contributed by atoms with van der Waals surface area (Å²) in [5, 5.41) is 10.7. The number of aryl methyl sites for hydroxylation is 1. The average molecular weight is 229 g/mol. The Morgan fingerprint density at radius 3 is 2.53 bits per heavy atom. The molecule has 1 aromatic heterocycles. The van der Waals surface area contributed by atoms with Gasteiger partial charge >= 0.3 is 0 Å². The number of hydrogen-bond acceptors (Lipinski definition) is 4. The van der Waals surface area contributed by atoms with Gasteiger partial charge < -0.3 is 5.73 Å². The lowest BCUT2D eigenvalue weighted by Gasteiger charge is -2.06. The van der Waals surface area contributed by atoms with Crippen LogP contribution in [0.4, 0.5) is 11.4 Å². The van der Waals surface area contributed by atoms with E-state index in [0.29, 0.717) is 17.1 Å². The summed E-state index contributed by atoms with van der Waals surface area (Å²) in [7, 11) is 0. The van der Waals surface area contributed by atoms with Crippen molar-refractivity contribution < 1.29 is 4.92 Å². The van der Waals surface area contributed by atoms with Crippen LogP contribution in [-0.4, -0.2) is 9.91 Å². The van der Waals surface area contributed by atoms with E-state index in [9.17, 15) is 10.1 Å². The van der Waals surface area contributed by atoms with Crippen LogP contribution in [0.1, 0.15) is 5.69 Å². The van der Waals surface area contributed by atoms with Crippen molar-refractivity contribution in [2.45, 2.75) is 6.92 Å². The van der Waals surface area contributed by atoms with E-state index in [-0.39, 0.29) is 5.69 Å². The first-order valence-corrected chi connectivity index (χ1v) is 5.06. The molecule has 0 radical (unpaired) electrons. The number of aromatic nitrogens is 1. The highest BCUT2D eigenvalue weighted by Crippen LogP contribution is 2.28. The van der Waals surface area contributed by atoms with Crippen LogP contribution in [0.3, 0.4) is 0 Å². The normalized spacial score (nSPS) is 10.2. The zero-order valence-electron chi connectivity index (χ0n) is 9.25. The molecule has 0 bridgehead atoms. The van der Waals surface area contributed by atoms with E-state index in [4.69, 9.17) is 5.73 Å². The van der Waals surface area contributed by atoms with E-state index >= 15 is 0 Å². The molecule has 1 aromatic carbocycles. The van der Waals surface area contributed by atoms with Gasteiger partial charge in [0.2, 0.25) is 0 Å². The maximum atomic E-state index is 10.7. The number of pyridine rings is 1. The molecule has 5 heteroatoms. The monoisotopic (exact) mass is 229 g/mol. The van der Waals surface area contributed by atoms with Gasteiger partial charge in [0.15, 0.2) is 0 Å². The highest BCUT2D eigenvalue weighted by molar-refractivity contribution is 5.74. The van der Waals surface area contributed by atoms with Gasteiger partial charge in [0.05, 0.1) is 16.3 Å². The predicted octanol–water partition coefficient (Wildman–Crippen LogP) is 2.55. The number of nitrogens with two attached hydrogens (primary N) is 1. The number of rotatable bonds is 2. The van der Waals surface area contributed by atoms with Gasteiger partial charge in [0.25, 0.3) is 5.69 Å². The van der Waals surface area contributed by atoms with Crippen molar-refractivity contribution in [1.82, 2.24) is 4.98 Å². The van der Waals surface area contributed by atoms with Crippen molar-refractivity contribution in [1.29, 1.82) is 0 Å². The Kier molecular flexibility index (Phi) is 2.74. The molecule has 2 aromatic rings. The minimum Gasteiger partial charge on any atom is -0.397 e. The lowest BCUT2D eigenvalue weighted by molar-refractivity contribution is -0.385. The smallest absolute Gasteiger partial charge is 0.292 e. The van der Waals surface area contributed by atoms with Crippen LogP contribution in [0.15, 0.2) is 36.4 Å². The second kappa shape index (κ2) is 4.21. The Labute approximate surface area is 98.1 Å². The molecule has 0 unspecified atom stereocenters. The van der Waals surface area contributed by atoms with Crippen LogP contribution in [0.25, 0.3) is 11.3 Å². The van der Waals surface area contributed by atoms with Crippen molar-refractivity contribution >= 4 is 11.4 Å². The van der Waals surface area contributed by atoms with E-state index in [1.54, 1.807) is 6.92 Å². The molecule has 86 valence electrons. The van der Waals surface area contributed by atoms with Gasteiger partial charge in [-0.25, -0.2) is 4.98 Å². The van der Waals surface area contributed by atoms with Crippen LogP contribution in [0.5, 0.6) is 0 Å². The van der Waals surface area contributed by atoms with Gasteiger partial charge in [-0.15, -0.1) is 0 Å². The Bertz CT molecular complexity index is 567. The molecule has 0 spiro atoms. The minimum atomic E-state index is -0.479. The second-order valence-corrected chi connectivity index (χ2v) is 3.65. The van der Waals surface area contributed by atoms with Gasteiger partial charge in [-0.3, -0.25) is 10.1 Å². The van der Waals surface area contributed by atoms with Gasteiger partial charge in [-0.1, -0.05) is 30.3 Å². The Morgan fingerprint density at radius 1 is 1.29 bits per heavy atom. The SMILES string of the molecule is Cc1nc(-c2ccccc2)c(N)cc1[N+](=O)[O-]. The molecule has 0 saturated carbocycles. The van der Waals surface area contributed by atoms with Crippen LogP contribution in [0.2, 0.25) is 0 Å². The summed E-state index contributed by atoms with van der Waals surface area (Å²) in [6.07, 6.45) is 0. The molecule has 1 heterocycles. The largest absolute Gasteiger partial charge is 0.397 e. The molecule has 5 nitrogen and oxygen atoms in total. The Balaban J connectivity index is 2.58. The quantitative estimate of drug-likeness (QED) is 0.633. The summed E-state index contributed by atoms with van der Waals surface area (Å²) in [5.41, 5.74) is 7.84. The minimum absolute atomic E-state index is 0.0535. The maximum absolute atomic E-state index is 10.7. The number of nitrogen functional groups attached to an aromatic ring is 1. The first-order chi connectivity index (χ1) is 8.09. The number of nitrogens with zero attached hydrogens (tertiary/aromatic N) is 2. The third-order valence-electron chi connectivity index (χ3n) is 2.46. The number of benzene rings is 1. The lowest BCUT2D eigenvalue weighted by atomic mass is 10.1. The zero-order valence-corrected chi connectivity index (χ0v) is 9.25. The Hall–Kier alpha value is -2.43. The standard InChI is InChI=1S/C12H11N3O2/c1-8-11(15(16)17)7-10(13)12(14-8)9-5-3-2-4-6-9/h2-7H,13H2,1H3. The van der Waals surface area contributed by atoms with E-state index in [0.717, 1.165) is 5.56 Å². The molecule has 0 saturated heterocycles. The molecule has 0 fully saturated rings. The summed E-state index contributed by atoms with van der Waals surface area (Å²) < 4.78 is 0. The van der Waals surface area contributed by atoms with E-state index in [2.05, 4.69) is 4.98 Å². The first-order valence-electron chi connectivity index (χ1n) is 5.06. The summed E-state index contributed by atoms with van der Waals surface area (Å²) in [4.78, 5) is 14.5. The predicted molar refractivity (Wildman–Crippen MR) is 65.5 cm³/mol. The fourth-order valence-corrected chi connectivity index (χ4v) is 1.62. The lowest BCUT2D eigenvalue weighted by Crippen LogP contribution is -2.00. The topological polar surface area (TPSA) is 82.0 Å². The summed E-state index contributed by atoms with van der Waals surface area (Å²) >= 11 is 0. The fraction of sp³-hybridized carbons (Fsp3) is 0.0833. The number of nitro groups is 1. The van der Waals surface area contributed by atoms with Gasteiger partial charge in [0, 0.05) is 11.6 Å². The zero-order chi connectivity index (χ0) is 12.4. The summed E-state index contributed by atoms with van der Waals surface area (Å²) in [6.45, 7) is 1.60. The van der Waals surface area contributed by atoms with Crippen LogP contribution < -0.4 is 5.73 Å². The molecule has 2 rings (SSSR count). The average Bonchev–Trinajstić information content (AvgIpc) is 2.32. The number of hydrogen-bond donors (Lipinski definition) is 1. The van der Waals surface area contributed by atoms with Crippen molar-refractivity contribution in [3.63, 3.8) is 0 Å². The highest BCUT2D eigenvalue weighted by atomic mass is 16.6. The summed E-state index contributed by atoms with van der Waals surface area (Å²) in [6, 6.07) is 10.7. The molecule has 2 N–H and O–H groups in total. The van der Waals surface area contributed by atoms with Gasteiger partial charge in [-0.2, -0.15) is 0 Å². The van der Waals surface area contributed by atoms with Crippen LogP contribution in [0, 0.1) is 17.0 Å². The van der Waals surface area contributed by atoms with E-state index in [1.807, 2.05) is 30.3 Å². The maximum Gasteiger partial charge on any atom is 0.292 e. The molecule has 0 aliphatic carbocycles. The summed E-state index contributed by atoms with van der Waals surface area (Å²) in [5.74, 6) is 0. The third-order valence-corrected chi connectivity index (χ3v) is 2.46. The van der Waals surface area contributed by atoms with E-state index in [1.165, 1.54) is 6.07 Å². The molecule has 0 aliphatic rings.